The maximum absolute atomic E-state index is 11.8. The molecule has 0 radical (unpaired) electrons. The molecule has 1 aromatic heterocycles. The lowest BCUT2D eigenvalue weighted by molar-refractivity contribution is -0.118. The predicted octanol–water partition coefficient (Wildman–Crippen LogP) is 3.81. The summed E-state index contributed by atoms with van der Waals surface area (Å²) in [6, 6.07) is 2.02. The number of ketones is 1. The molecule has 0 spiro atoms. The lowest BCUT2D eigenvalue weighted by atomic mass is 9.90. The molecule has 2 heterocycles. The molecule has 2 rings (SSSR count). The molecule has 0 saturated heterocycles. The second kappa shape index (κ2) is 7.85. The van der Waals surface area contributed by atoms with Crippen LogP contribution in [0.4, 0.5) is 0 Å². The second-order valence-corrected chi connectivity index (χ2v) is 6.19. The molecule has 21 heavy (non-hydrogen) atoms. The monoisotopic (exact) mass is 351 g/mol. The average Bonchev–Trinajstić information content (AvgIpc) is 2.69. The minimum Gasteiger partial charge on any atom is -0.373 e. The van der Waals surface area contributed by atoms with Gasteiger partial charge in [0.2, 0.25) is 0 Å². The van der Waals surface area contributed by atoms with E-state index in [-0.39, 0.29) is 11.9 Å². The number of aromatic nitrogens is 1. The number of alkyl halides is 1. The molecule has 0 N–H and O–H groups in total. The molecule has 114 valence electrons. The van der Waals surface area contributed by atoms with Crippen molar-refractivity contribution in [2.24, 2.45) is 5.92 Å². The van der Waals surface area contributed by atoms with Crippen LogP contribution in [-0.4, -0.2) is 28.8 Å². The van der Waals surface area contributed by atoms with Gasteiger partial charge in [-0.15, -0.1) is 0 Å². The van der Waals surface area contributed by atoms with E-state index in [1.165, 1.54) is 5.57 Å². The molecule has 3 nitrogen and oxygen atoms in total. The van der Waals surface area contributed by atoms with Gasteiger partial charge in [0.25, 0.3) is 0 Å². The van der Waals surface area contributed by atoms with Crippen molar-refractivity contribution in [1.29, 1.82) is 0 Å². The topological polar surface area (TPSA) is 39.2 Å². The molecule has 0 fully saturated rings. The molecule has 0 aliphatic carbocycles. The van der Waals surface area contributed by atoms with Crippen LogP contribution >= 0.6 is 15.9 Å². The number of hydrogen-bond acceptors (Lipinski definition) is 3. The maximum Gasteiger partial charge on any atom is 0.137 e. The van der Waals surface area contributed by atoms with Crippen LogP contribution in [0.15, 0.2) is 24.5 Å². The van der Waals surface area contributed by atoms with Crippen molar-refractivity contribution in [2.75, 3.05) is 11.9 Å². The van der Waals surface area contributed by atoms with Crippen LogP contribution in [0, 0.1) is 5.92 Å². The van der Waals surface area contributed by atoms with Gasteiger partial charge >= 0.3 is 0 Å². The molecule has 1 aromatic rings. The van der Waals surface area contributed by atoms with Gasteiger partial charge in [0.15, 0.2) is 0 Å². The molecular formula is C17H22BrNO2. The molecular weight excluding hydrogens is 330 g/mol. The van der Waals surface area contributed by atoms with Gasteiger partial charge in [-0.05, 0) is 35.1 Å². The van der Waals surface area contributed by atoms with Crippen molar-refractivity contribution < 1.29 is 9.53 Å². The van der Waals surface area contributed by atoms with Crippen molar-refractivity contribution >= 4 is 27.3 Å². The number of nitrogens with zero attached hydrogens (tertiary/aromatic N) is 1. The highest BCUT2D eigenvalue weighted by molar-refractivity contribution is 9.09. The van der Waals surface area contributed by atoms with Gasteiger partial charge in [-0.3, -0.25) is 9.78 Å². The van der Waals surface area contributed by atoms with Crippen LogP contribution in [0.1, 0.15) is 37.8 Å². The zero-order valence-electron chi connectivity index (χ0n) is 12.6. The first-order chi connectivity index (χ1) is 10.2. The van der Waals surface area contributed by atoms with Crippen LogP contribution in [-0.2, 0) is 16.0 Å². The Balaban J connectivity index is 2.25. The molecule has 4 heteroatoms. The Labute approximate surface area is 134 Å². The molecule has 0 aromatic carbocycles. The lowest BCUT2D eigenvalue weighted by Crippen LogP contribution is -2.22. The largest absolute Gasteiger partial charge is 0.373 e. The van der Waals surface area contributed by atoms with Gasteiger partial charge in [0.05, 0.1) is 12.7 Å². The smallest absolute Gasteiger partial charge is 0.137 e. The summed E-state index contributed by atoms with van der Waals surface area (Å²) < 4.78 is 5.85. The highest BCUT2D eigenvalue weighted by Crippen LogP contribution is 2.30. The number of hydrogen-bond donors (Lipinski definition) is 0. The van der Waals surface area contributed by atoms with E-state index < -0.39 is 0 Å². The van der Waals surface area contributed by atoms with Crippen LogP contribution in [0.25, 0.3) is 5.57 Å². The summed E-state index contributed by atoms with van der Waals surface area (Å²) in [5, 5.41) is 0.854. The van der Waals surface area contributed by atoms with E-state index in [4.69, 9.17) is 4.74 Å². The van der Waals surface area contributed by atoms with E-state index in [9.17, 15) is 4.79 Å². The van der Waals surface area contributed by atoms with Crippen molar-refractivity contribution in [3.8, 4) is 0 Å². The molecule has 2 unspecified atom stereocenters. The second-order valence-electron chi connectivity index (χ2n) is 5.54. The van der Waals surface area contributed by atoms with Crippen LogP contribution in [0.2, 0.25) is 0 Å². The van der Waals surface area contributed by atoms with E-state index in [0.29, 0.717) is 25.4 Å². The summed E-state index contributed by atoms with van der Waals surface area (Å²) in [5.74, 6) is 0.696. The summed E-state index contributed by atoms with van der Waals surface area (Å²) in [7, 11) is 0. The standard InChI is InChI=1S/C17H22BrNO2/c1-3-15(20)9-14-11-19-6-4-16(14)13-5-7-21-17(10-18)12(2)8-13/h4-6,11-12,17H,3,7-10H2,1-2H3. The van der Waals surface area contributed by atoms with E-state index in [1.54, 1.807) is 6.20 Å². The average molecular weight is 352 g/mol. The van der Waals surface area contributed by atoms with Crippen LogP contribution in [0.5, 0.6) is 0 Å². The van der Waals surface area contributed by atoms with E-state index in [0.717, 1.165) is 22.9 Å². The van der Waals surface area contributed by atoms with Crippen LogP contribution in [0.3, 0.4) is 0 Å². The number of carbonyl (C=O) groups is 1. The number of allylic oxidation sites excluding steroid dienone is 1. The number of rotatable bonds is 5. The fourth-order valence-corrected chi connectivity index (χ4v) is 3.46. The van der Waals surface area contributed by atoms with E-state index >= 15 is 0 Å². The Morgan fingerprint density at radius 3 is 3.05 bits per heavy atom. The van der Waals surface area contributed by atoms with Gasteiger partial charge in [-0.1, -0.05) is 35.9 Å². The minimum atomic E-state index is 0.237. The third kappa shape index (κ3) is 4.24. The van der Waals surface area contributed by atoms with Crippen molar-refractivity contribution in [2.45, 2.75) is 39.2 Å². The zero-order chi connectivity index (χ0) is 15.2. The SMILES string of the molecule is CCC(=O)Cc1cnccc1C1=CCOC(CBr)C(C)C1. The van der Waals surface area contributed by atoms with Gasteiger partial charge in [-0.2, -0.15) is 0 Å². The first-order valence-electron chi connectivity index (χ1n) is 7.47. The van der Waals surface area contributed by atoms with Gasteiger partial charge in [-0.25, -0.2) is 0 Å². The Kier molecular flexibility index (Phi) is 6.12. The number of halogens is 1. The van der Waals surface area contributed by atoms with Gasteiger partial charge < -0.3 is 4.74 Å². The third-order valence-electron chi connectivity index (χ3n) is 4.00. The predicted molar refractivity (Wildman–Crippen MR) is 88.5 cm³/mol. The fourth-order valence-electron chi connectivity index (χ4n) is 2.63. The maximum atomic E-state index is 11.8. The van der Waals surface area contributed by atoms with E-state index in [1.807, 2.05) is 19.2 Å². The normalized spacial score (nSPS) is 22.5. The number of pyridine rings is 1. The first-order valence-corrected chi connectivity index (χ1v) is 8.59. The summed E-state index contributed by atoms with van der Waals surface area (Å²) in [6.07, 6.45) is 8.01. The Hall–Kier alpha value is -1.00. The summed E-state index contributed by atoms with van der Waals surface area (Å²) in [5.41, 5.74) is 3.45. The Morgan fingerprint density at radius 2 is 2.33 bits per heavy atom. The Bertz CT molecular complexity index is 527. The summed E-state index contributed by atoms with van der Waals surface area (Å²) in [6.45, 7) is 4.74. The van der Waals surface area contributed by atoms with Crippen molar-refractivity contribution in [1.82, 2.24) is 4.98 Å². The number of Topliss-reactive ketones (excluding diaryl/α,β-unsaturated/α-hetero) is 1. The molecule has 2 atom stereocenters. The highest BCUT2D eigenvalue weighted by atomic mass is 79.9. The van der Waals surface area contributed by atoms with Crippen LogP contribution < -0.4 is 0 Å². The molecule has 1 aliphatic rings. The molecule has 1 aliphatic heterocycles. The van der Waals surface area contributed by atoms with Gasteiger partial charge in [0.1, 0.15) is 5.78 Å². The number of carbonyl (C=O) groups excluding carboxylic acids is 1. The number of ether oxygens (including phenoxy) is 1. The van der Waals surface area contributed by atoms with Gasteiger partial charge in [0, 0.05) is 30.6 Å². The molecule has 0 bridgehead atoms. The molecule has 0 amide bonds. The third-order valence-corrected chi connectivity index (χ3v) is 4.64. The first kappa shape index (κ1) is 16.4. The van der Waals surface area contributed by atoms with Crippen molar-refractivity contribution in [3.63, 3.8) is 0 Å². The fraction of sp³-hybridized carbons (Fsp3) is 0.529. The quantitative estimate of drug-likeness (QED) is 0.757. The summed E-state index contributed by atoms with van der Waals surface area (Å²) in [4.78, 5) is 16.0. The molecule has 0 saturated carbocycles. The Morgan fingerprint density at radius 1 is 1.52 bits per heavy atom. The van der Waals surface area contributed by atoms with E-state index in [2.05, 4.69) is 33.9 Å². The van der Waals surface area contributed by atoms with Crippen molar-refractivity contribution in [3.05, 3.63) is 35.7 Å². The highest BCUT2D eigenvalue weighted by Gasteiger charge is 2.22. The summed E-state index contributed by atoms with van der Waals surface area (Å²) >= 11 is 3.52. The zero-order valence-corrected chi connectivity index (χ0v) is 14.2. The minimum absolute atomic E-state index is 0.237. The lowest BCUT2D eigenvalue weighted by Gasteiger charge is -2.20.